The second-order valence-electron chi connectivity index (χ2n) is 5.32. The van der Waals surface area contributed by atoms with Gasteiger partial charge in [0, 0.05) is 13.1 Å². The van der Waals surface area contributed by atoms with Gasteiger partial charge in [-0.1, -0.05) is 0 Å². The van der Waals surface area contributed by atoms with Crippen LogP contribution < -0.4 is 0 Å². The molecule has 2 aromatic rings. The predicted molar refractivity (Wildman–Crippen MR) is 79.7 cm³/mol. The Morgan fingerprint density at radius 3 is 2.76 bits per heavy atom. The van der Waals surface area contributed by atoms with Crippen LogP contribution in [0.2, 0.25) is 0 Å². The van der Waals surface area contributed by atoms with E-state index >= 15 is 0 Å². The number of alkyl halides is 1. The summed E-state index contributed by atoms with van der Waals surface area (Å²) in [7, 11) is 0. The Morgan fingerprint density at radius 1 is 1.29 bits per heavy atom. The fourth-order valence-corrected chi connectivity index (χ4v) is 3.01. The molecule has 1 saturated heterocycles. The van der Waals surface area contributed by atoms with Crippen LogP contribution in [0.4, 0.5) is 4.39 Å². The van der Waals surface area contributed by atoms with Gasteiger partial charge in [0.2, 0.25) is 5.91 Å². The molecule has 112 valence electrons. The van der Waals surface area contributed by atoms with Gasteiger partial charge in [0.25, 0.3) is 0 Å². The lowest BCUT2D eigenvalue weighted by Crippen LogP contribution is -2.38. The minimum absolute atomic E-state index is 0.0460. The lowest BCUT2D eigenvalue weighted by atomic mass is 10.1. The van der Waals surface area contributed by atoms with Gasteiger partial charge in [0.15, 0.2) is 0 Å². The summed E-state index contributed by atoms with van der Waals surface area (Å²) >= 11 is 5.91. The third-order valence-electron chi connectivity index (χ3n) is 3.91. The maximum absolute atomic E-state index is 13.5. The number of halogens is 2. The maximum atomic E-state index is 13.5. The van der Waals surface area contributed by atoms with E-state index < -0.39 is 0 Å². The number of benzene rings is 1. The van der Waals surface area contributed by atoms with E-state index in [0.717, 1.165) is 25.9 Å². The Morgan fingerprint density at radius 2 is 2.05 bits per heavy atom. The average molecular weight is 310 g/mol. The molecule has 3 rings (SSSR count). The maximum Gasteiger partial charge on any atom is 0.242 e. The van der Waals surface area contributed by atoms with Gasteiger partial charge in [-0.15, -0.1) is 11.6 Å². The summed E-state index contributed by atoms with van der Waals surface area (Å²) < 4.78 is 15.2. The zero-order valence-corrected chi connectivity index (χ0v) is 12.4. The van der Waals surface area contributed by atoms with Crippen molar-refractivity contribution < 1.29 is 9.18 Å². The number of hydrogen-bond donors (Lipinski definition) is 0. The molecular formula is C15H17ClFN3O. The second kappa shape index (κ2) is 6.02. The Labute approximate surface area is 127 Å². The molecule has 1 fully saturated rings. The van der Waals surface area contributed by atoms with Crippen LogP contribution in [0.5, 0.6) is 0 Å². The van der Waals surface area contributed by atoms with E-state index in [1.807, 2.05) is 4.90 Å². The number of piperidine rings is 1. The minimum atomic E-state index is -0.338. The Hall–Kier alpha value is -1.62. The summed E-state index contributed by atoms with van der Waals surface area (Å²) in [6, 6.07) is 4.38. The third kappa shape index (κ3) is 2.88. The quantitative estimate of drug-likeness (QED) is 0.818. The van der Waals surface area contributed by atoms with E-state index in [4.69, 9.17) is 11.6 Å². The van der Waals surface area contributed by atoms with Gasteiger partial charge in [-0.2, -0.15) is 0 Å². The Bertz CT molecular complexity index is 664. The molecule has 0 aliphatic carbocycles. The predicted octanol–water partition coefficient (Wildman–Crippen LogP) is 2.93. The van der Waals surface area contributed by atoms with Crippen molar-refractivity contribution in [3.63, 3.8) is 0 Å². The lowest BCUT2D eigenvalue weighted by Gasteiger charge is -2.27. The highest BCUT2D eigenvalue weighted by Gasteiger charge is 2.19. The summed E-state index contributed by atoms with van der Waals surface area (Å²) in [6.45, 7) is 1.77. The number of likely N-dealkylation sites (tertiary alicyclic amines) is 1. The highest BCUT2D eigenvalue weighted by Crippen LogP contribution is 2.20. The first-order valence-corrected chi connectivity index (χ1v) is 7.71. The van der Waals surface area contributed by atoms with Crippen molar-refractivity contribution in [3.8, 4) is 0 Å². The molecule has 1 amide bonds. The average Bonchev–Trinajstić information content (AvgIpc) is 2.85. The van der Waals surface area contributed by atoms with Crippen LogP contribution in [0.1, 0.15) is 25.1 Å². The first-order valence-electron chi connectivity index (χ1n) is 7.17. The number of hydrogen-bond acceptors (Lipinski definition) is 2. The standard InChI is InChI=1S/C15H17ClFN3O/c16-9-14-18-12-5-4-11(17)8-13(12)20(14)10-15(21)19-6-2-1-3-7-19/h4-5,8H,1-3,6-7,9-10H2. The van der Waals surface area contributed by atoms with Crippen molar-refractivity contribution in [2.45, 2.75) is 31.7 Å². The SMILES string of the molecule is O=C(Cn1c(CCl)nc2ccc(F)cc21)N1CCCCC1. The summed E-state index contributed by atoms with van der Waals surface area (Å²) in [6.07, 6.45) is 3.27. The van der Waals surface area contributed by atoms with Gasteiger partial charge in [-0.05, 0) is 37.5 Å². The van der Waals surface area contributed by atoms with E-state index in [2.05, 4.69) is 4.98 Å². The molecule has 0 atom stereocenters. The topological polar surface area (TPSA) is 38.1 Å². The van der Waals surface area contributed by atoms with Crippen molar-refractivity contribution in [1.82, 2.24) is 14.5 Å². The first-order chi connectivity index (χ1) is 10.2. The van der Waals surface area contributed by atoms with Crippen LogP contribution >= 0.6 is 11.6 Å². The molecule has 2 heterocycles. The molecule has 0 spiro atoms. The summed E-state index contributed by atoms with van der Waals surface area (Å²) in [5, 5.41) is 0. The zero-order valence-electron chi connectivity index (χ0n) is 11.7. The van der Waals surface area contributed by atoms with Gasteiger partial charge >= 0.3 is 0 Å². The number of amides is 1. The number of carbonyl (C=O) groups is 1. The normalized spacial score (nSPS) is 15.6. The molecular weight excluding hydrogens is 293 g/mol. The van der Waals surface area contributed by atoms with Crippen molar-refractivity contribution >= 4 is 28.5 Å². The third-order valence-corrected chi connectivity index (χ3v) is 4.15. The monoisotopic (exact) mass is 309 g/mol. The van der Waals surface area contributed by atoms with E-state index in [-0.39, 0.29) is 24.1 Å². The summed E-state index contributed by atoms with van der Waals surface area (Å²) in [5.41, 5.74) is 1.29. The molecule has 1 aromatic heterocycles. The van der Waals surface area contributed by atoms with Gasteiger partial charge in [-0.25, -0.2) is 9.37 Å². The van der Waals surface area contributed by atoms with Crippen molar-refractivity contribution in [3.05, 3.63) is 29.8 Å². The first kappa shape index (κ1) is 14.3. The molecule has 0 saturated carbocycles. The molecule has 0 N–H and O–H groups in total. The fraction of sp³-hybridized carbons (Fsp3) is 0.467. The fourth-order valence-electron chi connectivity index (χ4n) is 2.80. The van der Waals surface area contributed by atoms with Gasteiger partial charge < -0.3 is 9.47 Å². The smallest absolute Gasteiger partial charge is 0.242 e. The summed E-state index contributed by atoms with van der Waals surface area (Å²) in [5.74, 6) is 0.506. The molecule has 1 aliphatic rings. The number of aromatic nitrogens is 2. The van der Waals surface area contributed by atoms with Crippen LogP contribution in [0, 0.1) is 5.82 Å². The molecule has 0 unspecified atom stereocenters. The summed E-state index contributed by atoms with van der Waals surface area (Å²) in [4.78, 5) is 18.6. The zero-order chi connectivity index (χ0) is 14.8. The van der Waals surface area contributed by atoms with Crippen LogP contribution in [0.3, 0.4) is 0 Å². The molecule has 4 nitrogen and oxygen atoms in total. The van der Waals surface area contributed by atoms with Crippen molar-refractivity contribution in [2.24, 2.45) is 0 Å². The Kier molecular flexibility index (Phi) is 4.10. The van der Waals surface area contributed by atoms with E-state index in [1.165, 1.54) is 18.6 Å². The van der Waals surface area contributed by atoms with E-state index in [1.54, 1.807) is 10.6 Å². The molecule has 1 aliphatic heterocycles. The Balaban J connectivity index is 1.91. The van der Waals surface area contributed by atoms with Crippen LogP contribution in [0.15, 0.2) is 18.2 Å². The largest absolute Gasteiger partial charge is 0.341 e. The highest BCUT2D eigenvalue weighted by molar-refractivity contribution is 6.16. The van der Waals surface area contributed by atoms with E-state index in [9.17, 15) is 9.18 Å². The lowest BCUT2D eigenvalue weighted by molar-refractivity contribution is -0.132. The van der Waals surface area contributed by atoms with Gasteiger partial charge in [-0.3, -0.25) is 4.79 Å². The van der Waals surface area contributed by atoms with Crippen LogP contribution in [0.25, 0.3) is 11.0 Å². The highest BCUT2D eigenvalue weighted by atomic mass is 35.5. The van der Waals surface area contributed by atoms with Crippen LogP contribution in [-0.4, -0.2) is 33.4 Å². The number of rotatable bonds is 3. The molecule has 21 heavy (non-hydrogen) atoms. The number of fused-ring (bicyclic) bond motifs is 1. The molecule has 0 bridgehead atoms. The number of carbonyl (C=O) groups excluding carboxylic acids is 1. The molecule has 0 radical (unpaired) electrons. The van der Waals surface area contributed by atoms with Crippen molar-refractivity contribution in [1.29, 1.82) is 0 Å². The van der Waals surface area contributed by atoms with Gasteiger partial charge in [0.05, 0.1) is 16.9 Å². The molecule has 6 heteroatoms. The van der Waals surface area contributed by atoms with Crippen molar-refractivity contribution in [2.75, 3.05) is 13.1 Å². The number of nitrogens with zero attached hydrogens (tertiary/aromatic N) is 3. The van der Waals surface area contributed by atoms with E-state index in [0.29, 0.717) is 16.9 Å². The van der Waals surface area contributed by atoms with Gasteiger partial charge in [0.1, 0.15) is 18.2 Å². The molecule has 1 aromatic carbocycles. The number of imidazole rings is 1. The van der Waals surface area contributed by atoms with Crippen LogP contribution in [-0.2, 0) is 17.2 Å². The second-order valence-corrected chi connectivity index (χ2v) is 5.59. The minimum Gasteiger partial charge on any atom is -0.341 e.